The Bertz CT molecular complexity index is 78.1. The van der Waals surface area contributed by atoms with Gasteiger partial charge in [0, 0.05) is 1.43 Å². The third-order valence-electron chi connectivity index (χ3n) is 0.860. The van der Waals surface area contributed by atoms with Gasteiger partial charge in [-0.05, 0) is 14.0 Å². The SMILES string of the molecule is CC.CN[C@@H](C)C(N)=O.[HH]. The van der Waals surface area contributed by atoms with Gasteiger partial charge in [0.25, 0.3) is 0 Å². The van der Waals surface area contributed by atoms with Crippen molar-refractivity contribution in [1.29, 1.82) is 0 Å². The smallest absolute Gasteiger partial charge is 0.234 e. The molecule has 0 spiro atoms. The molecule has 1 atom stereocenters. The van der Waals surface area contributed by atoms with Crippen molar-refractivity contribution in [3.05, 3.63) is 0 Å². The molecule has 0 radical (unpaired) electrons. The molecular weight excluding hydrogens is 116 g/mol. The van der Waals surface area contributed by atoms with E-state index in [4.69, 9.17) is 5.73 Å². The molecular formula is C6H18N2O. The van der Waals surface area contributed by atoms with E-state index >= 15 is 0 Å². The molecule has 0 fully saturated rings. The summed E-state index contributed by atoms with van der Waals surface area (Å²) in [7, 11) is 1.69. The van der Waals surface area contributed by atoms with Crippen LogP contribution >= 0.6 is 0 Å². The molecule has 3 heteroatoms. The van der Waals surface area contributed by atoms with Gasteiger partial charge in [-0.3, -0.25) is 4.79 Å². The molecule has 3 N–H and O–H groups in total. The van der Waals surface area contributed by atoms with Crippen LogP contribution in [0.3, 0.4) is 0 Å². The Hall–Kier alpha value is -0.570. The van der Waals surface area contributed by atoms with Gasteiger partial charge in [0.15, 0.2) is 0 Å². The van der Waals surface area contributed by atoms with Crippen molar-refractivity contribution in [3.63, 3.8) is 0 Å². The Morgan fingerprint density at radius 3 is 2.00 bits per heavy atom. The summed E-state index contributed by atoms with van der Waals surface area (Å²) in [6.45, 7) is 5.71. The molecule has 0 aliphatic heterocycles. The van der Waals surface area contributed by atoms with Crippen molar-refractivity contribution in [2.24, 2.45) is 5.73 Å². The highest BCUT2D eigenvalue weighted by molar-refractivity contribution is 5.79. The summed E-state index contributed by atoms with van der Waals surface area (Å²) >= 11 is 0. The Kier molecular flexibility index (Phi) is 9.29. The van der Waals surface area contributed by atoms with Gasteiger partial charge in [0.2, 0.25) is 5.91 Å². The fraction of sp³-hybridized carbons (Fsp3) is 0.833. The summed E-state index contributed by atoms with van der Waals surface area (Å²) in [4.78, 5) is 10.1. The summed E-state index contributed by atoms with van der Waals surface area (Å²) in [5, 5.41) is 2.69. The fourth-order valence-electron chi connectivity index (χ4n) is 0.142. The normalized spacial score (nSPS) is 11.1. The lowest BCUT2D eigenvalue weighted by Gasteiger charge is -2.01. The van der Waals surface area contributed by atoms with E-state index in [2.05, 4.69) is 5.32 Å². The quantitative estimate of drug-likeness (QED) is 0.572. The maximum atomic E-state index is 10.1. The van der Waals surface area contributed by atoms with E-state index in [1.807, 2.05) is 13.8 Å². The monoisotopic (exact) mass is 134 g/mol. The van der Waals surface area contributed by atoms with E-state index in [9.17, 15) is 4.79 Å². The number of nitrogens with two attached hydrogens (primary N) is 1. The van der Waals surface area contributed by atoms with Gasteiger partial charge in [-0.2, -0.15) is 0 Å². The Morgan fingerprint density at radius 2 is 2.00 bits per heavy atom. The lowest BCUT2D eigenvalue weighted by Crippen LogP contribution is -2.36. The van der Waals surface area contributed by atoms with Crippen molar-refractivity contribution in [2.75, 3.05) is 7.05 Å². The predicted molar refractivity (Wildman–Crippen MR) is 41.2 cm³/mol. The molecule has 0 aliphatic rings. The van der Waals surface area contributed by atoms with Crippen LogP contribution in [0.15, 0.2) is 0 Å². The average molecular weight is 134 g/mol. The first-order chi connectivity index (χ1) is 4.18. The number of carbonyl (C=O) groups is 1. The fourth-order valence-corrected chi connectivity index (χ4v) is 0.142. The summed E-state index contributed by atoms with van der Waals surface area (Å²) in [6, 6.07) is -0.208. The zero-order chi connectivity index (χ0) is 7.86. The Labute approximate surface area is 58.1 Å². The highest BCUT2D eigenvalue weighted by Crippen LogP contribution is 1.71. The van der Waals surface area contributed by atoms with Crippen LogP contribution in [0, 0.1) is 0 Å². The van der Waals surface area contributed by atoms with Crippen LogP contribution in [-0.2, 0) is 4.79 Å². The van der Waals surface area contributed by atoms with E-state index in [-0.39, 0.29) is 13.4 Å². The summed E-state index contributed by atoms with van der Waals surface area (Å²) in [5.41, 5.74) is 4.85. The van der Waals surface area contributed by atoms with Crippen molar-refractivity contribution in [3.8, 4) is 0 Å². The van der Waals surface area contributed by atoms with Gasteiger partial charge in [-0.15, -0.1) is 0 Å². The van der Waals surface area contributed by atoms with E-state index < -0.39 is 0 Å². The highest BCUT2D eigenvalue weighted by atomic mass is 16.1. The molecule has 0 aromatic heterocycles. The second-order valence-electron chi connectivity index (χ2n) is 1.41. The van der Waals surface area contributed by atoms with Crippen LogP contribution in [0.5, 0.6) is 0 Å². The molecule has 0 aromatic rings. The molecule has 0 saturated carbocycles. The number of primary amides is 1. The minimum atomic E-state index is -0.317. The molecule has 1 amide bonds. The maximum Gasteiger partial charge on any atom is 0.234 e. The number of nitrogens with one attached hydrogen (secondary N) is 1. The Morgan fingerprint density at radius 1 is 1.67 bits per heavy atom. The van der Waals surface area contributed by atoms with Crippen molar-refractivity contribution < 1.29 is 6.22 Å². The van der Waals surface area contributed by atoms with Gasteiger partial charge >= 0.3 is 0 Å². The number of hydrogen-bond acceptors (Lipinski definition) is 2. The minimum Gasteiger partial charge on any atom is -0.368 e. The molecule has 9 heavy (non-hydrogen) atoms. The summed E-state index contributed by atoms with van der Waals surface area (Å²) in [5.74, 6) is -0.317. The molecule has 0 heterocycles. The maximum absolute atomic E-state index is 10.1. The van der Waals surface area contributed by atoms with Crippen LogP contribution in [0.2, 0.25) is 0 Å². The summed E-state index contributed by atoms with van der Waals surface area (Å²) in [6.07, 6.45) is 0. The largest absolute Gasteiger partial charge is 0.368 e. The van der Waals surface area contributed by atoms with E-state index in [1.54, 1.807) is 14.0 Å². The highest BCUT2D eigenvalue weighted by Gasteiger charge is 2.01. The predicted octanol–water partition coefficient (Wildman–Crippen LogP) is 0.352. The van der Waals surface area contributed by atoms with Gasteiger partial charge in [-0.25, -0.2) is 0 Å². The second kappa shape index (κ2) is 7.43. The van der Waals surface area contributed by atoms with Crippen molar-refractivity contribution in [2.45, 2.75) is 26.8 Å². The Balaban J connectivity index is -0.000000149. The zero-order valence-electron chi connectivity index (χ0n) is 6.56. The molecule has 3 nitrogen and oxygen atoms in total. The third kappa shape index (κ3) is 7.43. The van der Waals surface area contributed by atoms with Gasteiger partial charge in [0.1, 0.15) is 0 Å². The number of likely N-dealkylation sites (N-methyl/N-ethyl adjacent to an activating group) is 1. The molecule has 0 aromatic carbocycles. The first-order valence-corrected chi connectivity index (χ1v) is 3.15. The molecule has 0 saturated heterocycles. The van der Waals surface area contributed by atoms with Gasteiger partial charge in [0.05, 0.1) is 6.04 Å². The van der Waals surface area contributed by atoms with Gasteiger partial charge < -0.3 is 11.1 Å². The zero-order valence-corrected chi connectivity index (χ0v) is 6.56. The van der Waals surface area contributed by atoms with Crippen molar-refractivity contribution >= 4 is 5.91 Å². The molecule has 0 rings (SSSR count). The van der Waals surface area contributed by atoms with Crippen LogP contribution in [0.1, 0.15) is 22.2 Å². The number of amides is 1. The van der Waals surface area contributed by atoms with E-state index in [0.29, 0.717) is 0 Å². The number of rotatable bonds is 2. The lowest BCUT2D eigenvalue weighted by atomic mass is 10.3. The number of hydrogen-bond donors (Lipinski definition) is 2. The first kappa shape index (κ1) is 11.3. The lowest BCUT2D eigenvalue weighted by molar-refractivity contribution is -0.119. The minimum absolute atomic E-state index is 0. The summed E-state index contributed by atoms with van der Waals surface area (Å²) < 4.78 is 0. The second-order valence-corrected chi connectivity index (χ2v) is 1.41. The van der Waals surface area contributed by atoms with Crippen LogP contribution in [-0.4, -0.2) is 19.0 Å². The van der Waals surface area contributed by atoms with Crippen LogP contribution in [0.25, 0.3) is 0 Å². The van der Waals surface area contributed by atoms with Gasteiger partial charge in [-0.1, -0.05) is 13.8 Å². The van der Waals surface area contributed by atoms with Crippen LogP contribution < -0.4 is 11.1 Å². The molecule has 58 valence electrons. The molecule has 0 aliphatic carbocycles. The van der Waals surface area contributed by atoms with Crippen LogP contribution in [0.4, 0.5) is 0 Å². The topological polar surface area (TPSA) is 55.1 Å². The van der Waals surface area contributed by atoms with E-state index in [1.165, 1.54) is 0 Å². The van der Waals surface area contributed by atoms with Crippen molar-refractivity contribution in [1.82, 2.24) is 5.32 Å². The standard InChI is InChI=1S/C4H10N2O.C2H6.H2/c1-3(6-2)4(5)7;1-2;/h3,6H,1-2H3,(H2,5,7);1-2H3;1H/t3-;;/m0../s1. The third-order valence-corrected chi connectivity index (χ3v) is 0.860. The average Bonchev–Trinajstić information content (AvgIpc) is 1.91. The number of carbonyl (C=O) groups excluding carboxylic acids is 1. The first-order valence-electron chi connectivity index (χ1n) is 3.15. The molecule has 0 unspecified atom stereocenters. The van der Waals surface area contributed by atoms with E-state index in [0.717, 1.165) is 0 Å². The molecule has 0 bridgehead atoms.